The van der Waals surface area contributed by atoms with E-state index in [1.54, 1.807) is 28.0 Å². The minimum atomic E-state index is -0.369. The molecule has 2 amide bonds. The van der Waals surface area contributed by atoms with Crippen LogP contribution in [0.3, 0.4) is 0 Å². The molecule has 0 bridgehead atoms. The lowest BCUT2D eigenvalue weighted by Gasteiger charge is -2.22. The molecule has 0 aromatic carbocycles. The Labute approximate surface area is 108 Å². The summed E-state index contributed by atoms with van der Waals surface area (Å²) in [6.07, 6.45) is 0.222. The van der Waals surface area contributed by atoms with Crippen molar-refractivity contribution in [3.05, 3.63) is 22.4 Å². The number of thioether (sulfide) groups is 1. The second kappa shape index (κ2) is 5.10. The van der Waals surface area contributed by atoms with Crippen molar-refractivity contribution in [3.8, 4) is 0 Å². The third kappa shape index (κ3) is 2.63. The van der Waals surface area contributed by atoms with Crippen molar-refractivity contribution in [2.45, 2.75) is 24.0 Å². The average Bonchev–Trinajstić information content (AvgIpc) is 2.87. The Morgan fingerprint density at radius 3 is 2.94 bits per heavy atom. The first-order valence-electron chi connectivity index (χ1n) is 5.36. The molecular weight excluding hydrogens is 256 g/mol. The molecular formula is C11H14N2O2S2. The summed E-state index contributed by atoms with van der Waals surface area (Å²) < 4.78 is 0. The van der Waals surface area contributed by atoms with Crippen LogP contribution in [0.4, 0.5) is 0 Å². The van der Waals surface area contributed by atoms with Gasteiger partial charge in [-0.2, -0.15) is 11.3 Å². The van der Waals surface area contributed by atoms with Crippen LogP contribution in [0.25, 0.3) is 0 Å². The Bertz CT molecular complexity index is 419. The van der Waals surface area contributed by atoms with E-state index in [0.29, 0.717) is 6.54 Å². The molecule has 1 aliphatic rings. The molecule has 2 heterocycles. The van der Waals surface area contributed by atoms with Gasteiger partial charge in [-0.15, -0.1) is 11.8 Å². The van der Waals surface area contributed by atoms with E-state index in [2.05, 4.69) is 0 Å². The minimum absolute atomic E-state index is 0.0306. The lowest BCUT2D eigenvalue weighted by atomic mass is 10.2. The number of nitrogens with two attached hydrogens (primary N) is 1. The smallest absolute Gasteiger partial charge is 0.236 e. The summed E-state index contributed by atoms with van der Waals surface area (Å²) in [4.78, 5) is 24.5. The fraction of sp³-hybridized carbons (Fsp3) is 0.455. The fourth-order valence-corrected chi connectivity index (χ4v) is 3.87. The highest BCUT2D eigenvalue weighted by molar-refractivity contribution is 8.01. The topological polar surface area (TPSA) is 63.4 Å². The highest BCUT2D eigenvalue weighted by atomic mass is 32.2. The van der Waals surface area contributed by atoms with E-state index in [9.17, 15) is 9.59 Å². The predicted molar refractivity (Wildman–Crippen MR) is 69.6 cm³/mol. The van der Waals surface area contributed by atoms with Crippen molar-refractivity contribution in [2.75, 3.05) is 6.54 Å². The number of carbonyl (C=O) groups is 2. The maximum absolute atomic E-state index is 12.0. The molecule has 2 atom stereocenters. The summed E-state index contributed by atoms with van der Waals surface area (Å²) >= 11 is 3.23. The van der Waals surface area contributed by atoms with Crippen LogP contribution < -0.4 is 5.73 Å². The number of hydrogen-bond acceptors (Lipinski definition) is 4. The molecule has 1 aliphatic heterocycles. The van der Waals surface area contributed by atoms with Gasteiger partial charge in [-0.3, -0.25) is 9.59 Å². The minimum Gasteiger partial charge on any atom is -0.370 e. The van der Waals surface area contributed by atoms with Gasteiger partial charge in [-0.25, -0.2) is 0 Å². The van der Waals surface area contributed by atoms with E-state index in [1.807, 2.05) is 23.8 Å². The van der Waals surface area contributed by atoms with Gasteiger partial charge in [0.25, 0.3) is 0 Å². The second-order valence-corrected chi connectivity index (χ2v) is 6.14. The quantitative estimate of drug-likeness (QED) is 0.903. The molecule has 92 valence electrons. The van der Waals surface area contributed by atoms with Crippen molar-refractivity contribution in [2.24, 2.45) is 5.73 Å². The molecule has 0 aliphatic carbocycles. The lowest BCUT2D eigenvalue weighted by molar-refractivity contribution is -0.130. The molecule has 6 heteroatoms. The third-order valence-corrected chi connectivity index (χ3v) is 4.77. The van der Waals surface area contributed by atoms with Crippen LogP contribution in [0.15, 0.2) is 16.8 Å². The van der Waals surface area contributed by atoms with Gasteiger partial charge in [-0.1, -0.05) is 0 Å². The van der Waals surface area contributed by atoms with Crippen molar-refractivity contribution in [1.29, 1.82) is 0 Å². The summed E-state index contributed by atoms with van der Waals surface area (Å²) in [5, 5.41) is 4.02. The van der Waals surface area contributed by atoms with Gasteiger partial charge < -0.3 is 10.6 Å². The fourth-order valence-electron chi connectivity index (χ4n) is 1.81. The number of amides is 2. The number of hydrogen-bond donors (Lipinski definition) is 1. The number of primary amides is 1. The average molecular weight is 270 g/mol. The molecule has 0 spiro atoms. The Morgan fingerprint density at radius 1 is 1.59 bits per heavy atom. The third-order valence-electron chi connectivity index (χ3n) is 2.67. The lowest BCUT2D eigenvalue weighted by Crippen LogP contribution is -2.33. The molecule has 2 N–H and O–H groups in total. The molecule has 4 nitrogen and oxygen atoms in total. The van der Waals surface area contributed by atoms with Gasteiger partial charge in [0.05, 0.1) is 5.25 Å². The van der Waals surface area contributed by atoms with Gasteiger partial charge in [0.1, 0.15) is 5.37 Å². The number of nitrogens with zero attached hydrogens (tertiary/aromatic N) is 1. The van der Waals surface area contributed by atoms with Gasteiger partial charge in [0, 0.05) is 13.0 Å². The normalized spacial score (nSPS) is 24.3. The van der Waals surface area contributed by atoms with Crippen LogP contribution in [0, 0.1) is 0 Å². The summed E-state index contributed by atoms with van der Waals surface area (Å²) in [5.74, 6) is -0.279. The number of carbonyl (C=O) groups excluding carboxylic acids is 2. The van der Waals surface area contributed by atoms with E-state index in [1.165, 1.54) is 0 Å². The zero-order valence-corrected chi connectivity index (χ0v) is 11.1. The second-order valence-electron chi connectivity index (χ2n) is 3.94. The largest absolute Gasteiger partial charge is 0.370 e. The number of thiophene rings is 1. The molecule has 1 aromatic rings. The number of rotatable bonds is 4. The van der Waals surface area contributed by atoms with Gasteiger partial charge in [0.15, 0.2) is 0 Å². The van der Waals surface area contributed by atoms with Crippen LogP contribution in [0.5, 0.6) is 0 Å². The standard InChI is InChI=1S/C11H14N2O2S2/c1-7-10(15)13(4-2-9(12)14)11(17-7)8-3-5-16-6-8/h3,5-7,11H,2,4H2,1H3,(H2,12,14). The molecule has 2 rings (SSSR count). The summed E-state index contributed by atoms with van der Waals surface area (Å²) in [5.41, 5.74) is 6.26. The van der Waals surface area contributed by atoms with Crippen molar-refractivity contribution in [3.63, 3.8) is 0 Å². The Balaban J connectivity index is 2.13. The van der Waals surface area contributed by atoms with Crippen molar-refractivity contribution in [1.82, 2.24) is 4.90 Å². The SMILES string of the molecule is CC1SC(c2ccsc2)N(CCC(N)=O)C1=O. The highest BCUT2D eigenvalue weighted by Gasteiger charge is 2.38. The maximum Gasteiger partial charge on any atom is 0.236 e. The molecule has 0 radical (unpaired) electrons. The monoisotopic (exact) mass is 270 g/mol. The molecule has 1 aromatic heterocycles. The molecule has 17 heavy (non-hydrogen) atoms. The summed E-state index contributed by atoms with van der Waals surface area (Å²) in [6, 6.07) is 2.02. The molecule has 1 fully saturated rings. The van der Waals surface area contributed by atoms with E-state index in [4.69, 9.17) is 5.73 Å². The molecule has 1 saturated heterocycles. The van der Waals surface area contributed by atoms with Crippen molar-refractivity contribution < 1.29 is 9.59 Å². The van der Waals surface area contributed by atoms with Crippen LogP contribution in [0.1, 0.15) is 24.3 Å². The van der Waals surface area contributed by atoms with Crippen LogP contribution in [-0.2, 0) is 9.59 Å². The van der Waals surface area contributed by atoms with Crippen LogP contribution in [0.2, 0.25) is 0 Å². The van der Waals surface area contributed by atoms with E-state index in [-0.39, 0.29) is 28.9 Å². The Kier molecular flexibility index (Phi) is 3.73. The van der Waals surface area contributed by atoms with Crippen molar-refractivity contribution >= 4 is 34.9 Å². The molecule has 0 saturated carbocycles. The zero-order chi connectivity index (χ0) is 12.4. The van der Waals surface area contributed by atoms with Gasteiger partial charge in [0.2, 0.25) is 11.8 Å². The molecule has 2 unspecified atom stereocenters. The predicted octanol–water partition coefficient (Wildman–Crippen LogP) is 1.59. The van der Waals surface area contributed by atoms with Gasteiger partial charge in [-0.05, 0) is 29.3 Å². The highest BCUT2D eigenvalue weighted by Crippen LogP contribution is 2.43. The van der Waals surface area contributed by atoms with Crippen LogP contribution >= 0.6 is 23.1 Å². The van der Waals surface area contributed by atoms with E-state index in [0.717, 1.165) is 5.56 Å². The Hall–Kier alpha value is -1.01. The first-order valence-corrected chi connectivity index (χ1v) is 7.24. The van der Waals surface area contributed by atoms with E-state index >= 15 is 0 Å². The first-order chi connectivity index (χ1) is 8.09. The Morgan fingerprint density at radius 2 is 2.35 bits per heavy atom. The zero-order valence-electron chi connectivity index (χ0n) is 9.46. The van der Waals surface area contributed by atoms with Crippen LogP contribution in [-0.4, -0.2) is 28.5 Å². The summed E-state index contributed by atoms with van der Waals surface area (Å²) in [7, 11) is 0. The summed E-state index contributed by atoms with van der Waals surface area (Å²) in [6.45, 7) is 2.31. The van der Waals surface area contributed by atoms with Gasteiger partial charge >= 0.3 is 0 Å². The maximum atomic E-state index is 12.0. The first kappa shape index (κ1) is 12.4. The van der Waals surface area contributed by atoms with E-state index < -0.39 is 0 Å².